The van der Waals surface area contributed by atoms with Gasteiger partial charge in [0.1, 0.15) is 0 Å². The van der Waals surface area contributed by atoms with E-state index in [1.165, 1.54) is 25.0 Å². The van der Waals surface area contributed by atoms with Crippen LogP contribution in [0, 0.1) is 5.92 Å². The topological polar surface area (TPSA) is 69.7 Å². The lowest BCUT2D eigenvalue weighted by molar-refractivity contribution is -0.139. The molecule has 0 atom stereocenters. The molecule has 0 spiro atoms. The molecule has 1 aromatic rings. The SMILES string of the molecule is O=C(NCCCN1CCCC1)C1CCN(S(=O)(=O)c2ccccc2C(F)(F)F)CC1. The number of hydrogen-bond acceptors (Lipinski definition) is 4. The van der Waals surface area contributed by atoms with Gasteiger partial charge in [-0.15, -0.1) is 0 Å². The Balaban J connectivity index is 1.51. The lowest BCUT2D eigenvalue weighted by atomic mass is 9.97. The number of rotatable bonds is 7. The maximum absolute atomic E-state index is 13.2. The molecule has 0 radical (unpaired) electrons. The van der Waals surface area contributed by atoms with Crippen molar-refractivity contribution in [1.82, 2.24) is 14.5 Å². The Hall–Kier alpha value is -1.65. The van der Waals surface area contributed by atoms with Crippen LogP contribution >= 0.6 is 0 Å². The number of piperidine rings is 1. The smallest absolute Gasteiger partial charge is 0.356 e. The number of likely N-dealkylation sites (tertiary alicyclic amines) is 1. The first-order valence-electron chi connectivity index (χ1n) is 10.4. The lowest BCUT2D eigenvalue weighted by Crippen LogP contribution is -2.43. The molecule has 0 saturated carbocycles. The molecule has 2 aliphatic rings. The van der Waals surface area contributed by atoms with Crippen LogP contribution in [-0.4, -0.2) is 62.8 Å². The van der Waals surface area contributed by atoms with E-state index in [1.54, 1.807) is 0 Å². The zero-order valence-corrected chi connectivity index (χ0v) is 17.6. The summed E-state index contributed by atoms with van der Waals surface area (Å²) in [6.07, 6.45) is -0.844. The zero-order valence-electron chi connectivity index (χ0n) is 16.8. The van der Waals surface area contributed by atoms with Crippen molar-refractivity contribution in [3.63, 3.8) is 0 Å². The Morgan fingerprint density at radius 1 is 1.07 bits per heavy atom. The number of sulfonamides is 1. The van der Waals surface area contributed by atoms with Crippen molar-refractivity contribution >= 4 is 15.9 Å². The van der Waals surface area contributed by atoms with Crippen LogP contribution in [0.4, 0.5) is 13.2 Å². The summed E-state index contributed by atoms with van der Waals surface area (Å²) in [5.41, 5.74) is -1.16. The third-order valence-electron chi connectivity index (χ3n) is 5.78. The highest BCUT2D eigenvalue weighted by Crippen LogP contribution is 2.36. The molecule has 30 heavy (non-hydrogen) atoms. The van der Waals surface area contributed by atoms with E-state index in [-0.39, 0.29) is 24.9 Å². The molecule has 1 N–H and O–H groups in total. The summed E-state index contributed by atoms with van der Waals surface area (Å²) in [7, 11) is -4.28. The number of hydrogen-bond donors (Lipinski definition) is 1. The van der Waals surface area contributed by atoms with Crippen LogP contribution < -0.4 is 5.32 Å². The zero-order chi connectivity index (χ0) is 21.8. The van der Waals surface area contributed by atoms with Crippen LogP contribution in [0.2, 0.25) is 0 Å². The van der Waals surface area contributed by atoms with E-state index < -0.39 is 26.7 Å². The summed E-state index contributed by atoms with van der Waals surface area (Å²) in [5.74, 6) is -0.426. The molecular weight excluding hydrogens is 419 g/mol. The van der Waals surface area contributed by atoms with Crippen LogP contribution in [-0.2, 0) is 21.0 Å². The molecule has 6 nitrogen and oxygen atoms in total. The first-order chi connectivity index (χ1) is 14.2. The quantitative estimate of drug-likeness (QED) is 0.653. The highest BCUT2D eigenvalue weighted by molar-refractivity contribution is 7.89. The van der Waals surface area contributed by atoms with Crippen LogP contribution in [0.5, 0.6) is 0 Å². The second-order valence-corrected chi connectivity index (χ2v) is 9.77. The van der Waals surface area contributed by atoms with Gasteiger partial charge in [0.15, 0.2) is 0 Å². The number of carbonyl (C=O) groups is 1. The normalized spacial score (nSPS) is 19.8. The Labute approximate surface area is 175 Å². The summed E-state index contributed by atoms with van der Waals surface area (Å²) in [6, 6.07) is 4.21. The molecule has 168 valence electrons. The minimum atomic E-state index is -4.75. The third-order valence-corrected chi connectivity index (χ3v) is 7.74. The summed E-state index contributed by atoms with van der Waals surface area (Å²) >= 11 is 0. The molecule has 2 saturated heterocycles. The Kier molecular flexibility index (Phi) is 7.41. The molecule has 1 aromatic carbocycles. The fraction of sp³-hybridized carbons (Fsp3) is 0.650. The molecule has 10 heteroatoms. The van der Waals surface area contributed by atoms with Crippen molar-refractivity contribution in [2.75, 3.05) is 39.3 Å². The van der Waals surface area contributed by atoms with Gasteiger partial charge in [0.2, 0.25) is 15.9 Å². The summed E-state index contributed by atoms with van der Waals surface area (Å²) in [4.78, 5) is 14.0. The van der Waals surface area contributed by atoms with E-state index in [0.29, 0.717) is 19.4 Å². The molecule has 0 aromatic heterocycles. The molecule has 0 bridgehead atoms. The number of benzene rings is 1. The predicted molar refractivity (Wildman–Crippen MR) is 106 cm³/mol. The summed E-state index contributed by atoms with van der Waals surface area (Å²) in [6.45, 7) is 3.81. The van der Waals surface area contributed by atoms with Gasteiger partial charge in [-0.1, -0.05) is 12.1 Å². The third kappa shape index (κ3) is 5.53. The van der Waals surface area contributed by atoms with Crippen molar-refractivity contribution in [3.8, 4) is 0 Å². The number of halogens is 3. The summed E-state index contributed by atoms with van der Waals surface area (Å²) < 4.78 is 66.3. The van der Waals surface area contributed by atoms with Gasteiger partial charge in [0.05, 0.1) is 10.5 Å². The summed E-state index contributed by atoms with van der Waals surface area (Å²) in [5, 5.41) is 2.91. The van der Waals surface area contributed by atoms with E-state index >= 15 is 0 Å². The van der Waals surface area contributed by atoms with Crippen molar-refractivity contribution in [2.24, 2.45) is 5.92 Å². The second kappa shape index (κ2) is 9.65. The lowest BCUT2D eigenvalue weighted by Gasteiger charge is -2.31. The number of amides is 1. The van der Waals surface area contributed by atoms with Gasteiger partial charge in [0, 0.05) is 25.6 Å². The van der Waals surface area contributed by atoms with Crippen LogP contribution in [0.15, 0.2) is 29.2 Å². The maximum Gasteiger partial charge on any atom is 0.417 e. The highest BCUT2D eigenvalue weighted by atomic mass is 32.2. The van der Waals surface area contributed by atoms with Crippen LogP contribution in [0.25, 0.3) is 0 Å². The minimum absolute atomic E-state index is 0.0282. The van der Waals surface area contributed by atoms with Crippen molar-refractivity contribution in [1.29, 1.82) is 0 Å². The van der Waals surface area contributed by atoms with Gasteiger partial charge in [-0.25, -0.2) is 8.42 Å². The van der Waals surface area contributed by atoms with E-state index in [4.69, 9.17) is 0 Å². The monoisotopic (exact) mass is 447 g/mol. The first kappa shape index (κ1) is 23.0. The maximum atomic E-state index is 13.2. The van der Waals surface area contributed by atoms with Gasteiger partial charge in [-0.3, -0.25) is 4.79 Å². The molecule has 2 aliphatic heterocycles. The number of alkyl halides is 3. The van der Waals surface area contributed by atoms with Crippen molar-refractivity contribution in [3.05, 3.63) is 29.8 Å². The van der Waals surface area contributed by atoms with E-state index in [0.717, 1.165) is 42.5 Å². The van der Waals surface area contributed by atoms with E-state index in [9.17, 15) is 26.4 Å². The number of carbonyl (C=O) groups excluding carboxylic acids is 1. The van der Waals surface area contributed by atoms with Gasteiger partial charge in [-0.2, -0.15) is 17.5 Å². The minimum Gasteiger partial charge on any atom is -0.356 e. The van der Waals surface area contributed by atoms with E-state index in [1.807, 2.05) is 0 Å². The Morgan fingerprint density at radius 3 is 2.33 bits per heavy atom. The van der Waals surface area contributed by atoms with Gasteiger partial charge in [0.25, 0.3) is 0 Å². The number of nitrogens with one attached hydrogen (secondary N) is 1. The molecular formula is C20H28F3N3O3S. The van der Waals surface area contributed by atoms with E-state index in [2.05, 4.69) is 10.2 Å². The Bertz CT molecular complexity index is 831. The van der Waals surface area contributed by atoms with Crippen molar-refractivity contribution < 1.29 is 26.4 Å². The second-order valence-electron chi connectivity index (χ2n) is 7.87. The van der Waals surface area contributed by atoms with Gasteiger partial charge >= 0.3 is 6.18 Å². The highest BCUT2D eigenvalue weighted by Gasteiger charge is 2.40. The van der Waals surface area contributed by atoms with Gasteiger partial charge < -0.3 is 10.2 Å². The fourth-order valence-corrected chi connectivity index (χ4v) is 5.77. The number of nitrogens with zero attached hydrogens (tertiary/aromatic N) is 2. The molecule has 2 fully saturated rings. The molecule has 3 rings (SSSR count). The molecule has 2 heterocycles. The Morgan fingerprint density at radius 2 is 1.70 bits per heavy atom. The molecule has 0 aliphatic carbocycles. The average molecular weight is 448 g/mol. The standard InChI is InChI=1S/C20H28F3N3O3S/c21-20(22,23)17-6-1-2-7-18(17)30(28,29)26-14-8-16(9-15-26)19(27)24-10-5-13-25-11-3-4-12-25/h1-2,6-7,16H,3-5,8-15H2,(H,24,27). The largest absolute Gasteiger partial charge is 0.417 e. The van der Waals surface area contributed by atoms with Crippen LogP contribution in [0.1, 0.15) is 37.7 Å². The first-order valence-corrected chi connectivity index (χ1v) is 11.8. The van der Waals surface area contributed by atoms with Crippen molar-refractivity contribution in [2.45, 2.75) is 43.2 Å². The fourth-order valence-electron chi connectivity index (χ4n) is 4.09. The van der Waals surface area contributed by atoms with Crippen LogP contribution in [0.3, 0.4) is 0 Å². The molecule has 0 unspecified atom stereocenters. The predicted octanol–water partition coefficient (Wildman–Crippen LogP) is 2.71. The average Bonchev–Trinajstić information content (AvgIpc) is 3.24. The van der Waals surface area contributed by atoms with Gasteiger partial charge in [-0.05, 0) is 63.9 Å². The molecule has 1 amide bonds.